The van der Waals surface area contributed by atoms with Crippen molar-refractivity contribution in [2.75, 3.05) is 26.7 Å². The molecule has 0 bridgehead atoms. The molecule has 0 N–H and O–H groups in total. The summed E-state index contributed by atoms with van der Waals surface area (Å²) in [6, 6.07) is 69.4. The Morgan fingerprint density at radius 2 is 0.683 bits per heavy atom. The van der Waals surface area contributed by atoms with E-state index in [1.165, 1.54) is 87.1 Å². The first-order valence-corrected chi connectivity index (χ1v) is 23.8. The van der Waals surface area contributed by atoms with E-state index in [-0.39, 0.29) is 93.1 Å². The van der Waals surface area contributed by atoms with E-state index in [1.54, 1.807) is 0 Å². The molecule has 0 unspecified atom stereocenters. The Balaban J connectivity index is 0.000000211. The average Bonchev–Trinajstić information content (AvgIpc) is 4.02. The summed E-state index contributed by atoms with van der Waals surface area (Å²) in [6.45, 7) is 13.5. The van der Waals surface area contributed by atoms with E-state index in [2.05, 4.69) is 235 Å². The topological polar surface area (TPSA) is 0 Å². The van der Waals surface area contributed by atoms with Crippen LogP contribution in [-0.4, -0.2) is 26.7 Å². The zero-order valence-corrected chi connectivity index (χ0v) is 43.3. The van der Waals surface area contributed by atoms with Gasteiger partial charge in [-0.3, -0.25) is 0 Å². The molecule has 6 heteroatoms. The summed E-state index contributed by atoms with van der Waals surface area (Å²) < 4.78 is 0. The van der Waals surface area contributed by atoms with Gasteiger partial charge in [0.2, 0.25) is 0 Å². The molecule has 0 spiro atoms. The molecule has 0 saturated carbocycles. The number of hydrogen-bond donors (Lipinski definition) is 0. The summed E-state index contributed by atoms with van der Waals surface area (Å²) in [7, 11) is 0.115. The summed E-state index contributed by atoms with van der Waals surface area (Å²) in [5.41, 5.74) is 7.89. The first-order chi connectivity index (χ1) is 27.2. The minimum atomic E-state index is 0. The van der Waals surface area contributed by atoms with E-state index in [0.29, 0.717) is 0 Å². The fraction of sp³-hybridized carbons (Fsp3) is 0.111. The molecule has 0 saturated heterocycles. The zero-order valence-electron chi connectivity index (χ0n) is 35.1. The molecule has 10 rings (SSSR count). The Bertz CT molecular complexity index is 2530. The van der Waals surface area contributed by atoms with Crippen LogP contribution in [0.4, 0.5) is 0 Å². The summed E-state index contributed by atoms with van der Waals surface area (Å²) >= 11 is 0. The summed E-state index contributed by atoms with van der Waals surface area (Å²) in [5.74, 6) is 0. The third-order valence-corrected chi connectivity index (χ3v) is 12.8. The van der Waals surface area contributed by atoms with E-state index in [0.717, 1.165) is 0 Å². The molecule has 10 aromatic rings. The second kappa shape index (κ2) is 24.6. The van der Waals surface area contributed by atoms with Crippen molar-refractivity contribution in [2.24, 2.45) is 0 Å². The van der Waals surface area contributed by atoms with Crippen LogP contribution in [0.3, 0.4) is 0 Å². The maximum absolute atomic E-state index is 2.31. The first-order valence-electron chi connectivity index (χ1n) is 19.3. The van der Waals surface area contributed by atoms with Gasteiger partial charge in [0.05, 0.1) is 0 Å². The summed E-state index contributed by atoms with van der Waals surface area (Å²) in [6.07, 6.45) is 0. The van der Waals surface area contributed by atoms with Gasteiger partial charge in [-0.2, -0.15) is 24.3 Å². The molecule has 0 nitrogen and oxygen atoms in total. The number of rotatable bonds is 4. The molecule has 0 radical (unpaired) electrons. The molecular weight excluding hydrogens is 964 g/mol. The Hall–Kier alpha value is -3.03. The molecule has 0 aliphatic heterocycles. The quantitative estimate of drug-likeness (QED) is 0.122. The molecule has 0 amide bonds. The van der Waals surface area contributed by atoms with Crippen molar-refractivity contribution in [3.63, 3.8) is 0 Å². The van der Waals surface area contributed by atoms with E-state index in [4.69, 9.17) is 0 Å². The van der Waals surface area contributed by atoms with Gasteiger partial charge in [0.25, 0.3) is 0 Å². The maximum Gasteiger partial charge on any atom is 2.00 e. The van der Waals surface area contributed by atoms with E-state index >= 15 is 0 Å². The predicted octanol–water partition coefficient (Wildman–Crippen LogP) is 8.92. The van der Waals surface area contributed by atoms with Crippen LogP contribution in [0.1, 0.15) is 11.1 Å². The number of halogens is 2. The van der Waals surface area contributed by atoms with Crippen LogP contribution >= 0.6 is 15.8 Å². The molecule has 0 heterocycles. The molecule has 300 valence electrons. The Morgan fingerprint density at radius 1 is 0.350 bits per heavy atom. The minimum absolute atomic E-state index is 0. The Kier molecular flexibility index (Phi) is 21.0. The molecule has 0 fully saturated rings. The largest absolute Gasteiger partial charge is 2.00 e. The Labute approximate surface area is 410 Å². The van der Waals surface area contributed by atoms with E-state index in [9.17, 15) is 0 Å². The van der Waals surface area contributed by atoms with Gasteiger partial charge in [0.1, 0.15) is 0 Å². The number of aryl methyl sites for hydroxylation is 2. The van der Waals surface area contributed by atoms with Crippen molar-refractivity contribution in [1.29, 1.82) is 0 Å². The van der Waals surface area contributed by atoms with Crippen LogP contribution in [0, 0.1) is 13.8 Å². The number of fused-ring (bicyclic) bond motifs is 4. The number of hydrogen-bond acceptors (Lipinski definition) is 0. The van der Waals surface area contributed by atoms with Gasteiger partial charge in [-0.05, 0) is 37.8 Å². The van der Waals surface area contributed by atoms with Gasteiger partial charge >= 0.3 is 52.4 Å². The van der Waals surface area contributed by atoms with Crippen molar-refractivity contribution < 1.29 is 77.2 Å². The first kappa shape index (κ1) is 51.3. The van der Waals surface area contributed by atoms with Gasteiger partial charge in [0.15, 0.2) is 0 Å². The average molecular weight is 1010 g/mol. The third kappa shape index (κ3) is 13.0. The van der Waals surface area contributed by atoms with Crippen molar-refractivity contribution >= 4 is 69.5 Å². The monoisotopic (exact) mass is 1010 g/mol. The zero-order chi connectivity index (χ0) is 39.0. The molecule has 0 aliphatic rings. The standard InChI is InChI=1S/2C16H13.2C11H12P.2ClH.2Zr/c2*1-12-10-14-8-5-9-15(16(14)11-12)13-6-3-2-4-7-13;2*1-12(2)11-7-9-5-3-4-6-10(9)8-11;;;;/h2*2-11H,1H3;2*3-8H,1-2H3;2*1H;;/q4*-1;;;2*+2/p-2. The second-order valence-corrected chi connectivity index (χ2v) is 19.5. The predicted molar refractivity (Wildman–Crippen MR) is 255 cm³/mol. The van der Waals surface area contributed by atoms with Crippen molar-refractivity contribution in [3.8, 4) is 22.3 Å². The van der Waals surface area contributed by atoms with E-state index < -0.39 is 0 Å². The van der Waals surface area contributed by atoms with Crippen molar-refractivity contribution in [3.05, 3.63) is 205 Å². The fourth-order valence-corrected chi connectivity index (χ4v) is 8.88. The summed E-state index contributed by atoms with van der Waals surface area (Å²) in [5, 5.41) is 13.9. The molecule has 10 aromatic carbocycles. The SMILES string of the molecule is CP(C)c1cc2ccccc2[cH-]1.CP(C)c1cc2ccccc2[cH-]1.Cc1cc2c(-c3ccccc3)cccc2[cH-]1.Cc1cc2c(-c3ccccc3)cccc2[cH-]1.[Cl-].[Cl-].[Zr+2].[Zr+2]. The van der Waals surface area contributed by atoms with Crippen molar-refractivity contribution in [1.82, 2.24) is 0 Å². The smallest absolute Gasteiger partial charge is 1.00 e. The van der Waals surface area contributed by atoms with Gasteiger partial charge in [0, 0.05) is 0 Å². The fourth-order valence-electron chi connectivity index (χ4n) is 7.29. The maximum atomic E-state index is 2.31. The third-order valence-electron chi connectivity index (χ3n) is 10.2. The van der Waals surface area contributed by atoms with Gasteiger partial charge in [-0.15, -0.1) is 166 Å². The van der Waals surface area contributed by atoms with E-state index in [1.807, 2.05) is 0 Å². The normalized spacial score (nSPS) is 10.3. The second-order valence-electron chi connectivity index (χ2n) is 14.9. The molecule has 0 aromatic heterocycles. The van der Waals surface area contributed by atoms with Crippen LogP contribution in [0.5, 0.6) is 0 Å². The number of benzene rings is 6. The van der Waals surface area contributed by atoms with Crippen LogP contribution in [-0.2, 0) is 52.4 Å². The van der Waals surface area contributed by atoms with Gasteiger partial charge in [-0.1, -0.05) is 110 Å². The molecule has 60 heavy (non-hydrogen) atoms. The molecule has 0 aliphatic carbocycles. The van der Waals surface area contributed by atoms with Crippen molar-refractivity contribution in [2.45, 2.75) is 13.8 Å². The van der Waals surface area contributed by atoms with Crippen LogP contribution in [0.25, 0.3) is 65.3 Å². The summed E-state index contributed by atoms with van der Waals surface area (Å²) in [4.78, 5) is 0. The van der Waals surface area contributed by atoms with Crippen LogP contribution in [0.15, 0.2) is 194 Å². The Morgan fingerprint density at radius 3 is 1.03 bits per heavy atom. The molecular formula is C54H50Cl2P2Zr2-2. The van der Waals surface area contributed by atoms with Gasteiger partial charge in [-0.25, -0.2) is 0 Å². The minimum Gasteiger partial charge on any atom is -1.00 e. The van der Waals surface area contributed by atoms with Crippen LogP contribution in [0.2, 0.25) is 0 Å². The van der Waals surface area contributed by atoms with Gasteiger partial charge < -0.3 is 24.8 Å². The molecule has 0 atom stereocenters. The van der Waals surface area contributed by atoms with Crippen LogP contribution < -0.4 is 35.4 Å².